The molecule has 3 unspecified atom stereocenters. The van der Waals surface area contributed by atoms with Gasteiger partial charge in [-0.2, -0.15) is 0 Å². The van der Waals surface area contributed by atoms with Crippen LogP contribution in [-0.2, 0) is 29.1 Å². The molecule has 2 fully saturated rings. The lowest BCUT2D eigenvalue weighted by atomic mass is 9.69. The second kappa shape index (κ2) is 3.96. The van der Waals surface area contributed by atoms with Crippen LogP contribution in [0.4, 0.5) is 0 Å². The first-order chi connectivity index (χ1) is 7.99. The average molecular weight is 244 g/mol. The third-order valence-electron chi connectivity index (χ3n) is 4.05. The Kier molecular flexibility index (Phi) is 2.87. The second-order valence-corrected chi connectivity index (χ2v) is 4.75. The largest absolute Gasteiger partial charge is 0.378 e. The van der Waals surface area contributed by atoms with E-state index in [-0.39, 0.29) is 0 Å². The molecule has 0 saturated carbocycles. The van der Waals surface area contributed by atoms with Gasteiger partial charge in [-0.3, -0.25) is 9.78 Å². The SMILES string of the molecule is CCC1(C)CC2OC1(CC)C(=O)OOOC2=O. The average Bonchev–Trinajstić information content (AvgIpc) is 2.64. The molecule has 0 aliphatic carbocycles. The molecule has 2 bridgehead atoms. The normalized spacial score (nSPS) is 41.5. The van der Waals surface area contributed by atoms with Gasteiger partial charge in [-0.15, -0.1) is 0 Å². The summed E-state index contributed by atoms with van der Waals surface area (Å²) in [5, 5.41) is 4.17. The molecule has 96 valence electrons. The van der Waals surface area contributed by atoms with Crippen molar-refractivity contribution in [2.24, 2.45) is 5.41 Å². The van der Waals surface area contributed by atoms with Crippen LogP contribution in [0, 0.1) is 5.41 Å². The van der Waals surface area contributed by atoms with Crippen LogP contribution in [0.15, 0.2) is 0 Å². The minimum Gasteiger partial charge on any atom is -0.347 e. The maximum absolute atomic E-state index is 12.0. The number of carbonyl (C=O) groups is 2. The minimum absolute atomic E-state index is 0.420. The molecule has 6 nitrogen and oxygen atoms in total. The topological polar surface area (TPSA) is 71.1 Å². The van der Waals surface area contributed by atoms with E-state index >= 15 is 0 Å². The first-order valence-corrected chi connectivity index (χ1v) is 5.76. The molecule has 0 radical (unpaired) electrons. The molecule has 0 spiro atoms. The third-order valence-corrected chi connectivity index (χ3v) is 4.05. The van der Waals surface area contributed by atoms with Gasteiger partial charge in [-0.1, -0.05) is 20.8 Å². The Bertz CT molecular complexity index is 354. The molecule has 0 aromatic heterocycles. The highest BCUT2D eigenvalue weighted by Crippen LogP contribution is 2.52. The molecule has 0 N–H and O–H groups in total. The van der Waals surface area contributed by atoms with Gasteiger partial charge in [-0.05, 0) is 19.3 Å². The Morgan fingerprint density at radius 1 is 1.24 bits per heavy atom. The molecule has 2 rings (SSSR count). The van der Waals surface area contributed by atoms with Crippen LogP contribution in [0.5, 0.6) is 0 Å². The number of fused-ring (bicyclic) bond motifs is 2. The zero-order valence-electron chi connectivity index (χ0n) is 10.1. The fourth-order valence-electron chi connectivity index (χ4n) is 2.71. The molecule has 17 heavy (non-hydrogen) atoms. The van der Waals surface area contributed by atoms with Gasteiger partial charge in [0.15, 0.2) is 11.7 Å². The van der Waals surface area contributed by atoms with Crippen molar-refractivity contribution in [2.45, 2.75) is 51.7 Å². The summed E-state index contributed by atoms with van der Waals surface area (Å²) in [7, 11) is 0. The van der Waals surface area contributed by atoms with E-state index in [0.29, 0.717) is 19.3 Å². The summed E-state index contributed by atoms with van der Waals surface area (Å²) in [6.45, 7) is 5.69. The third kappa shape index (κ3) is 1.55. The van der Waals surface area contributed by atoms with Crippen LogP contribution >= 0.6 is 0 Å². The van der Waals surface area contributed by atoms with E-state index in [2.05, 4.69) is 14.8 Å². The van der Waals surface area contributed by atoms with Crippen LogP contribution < -0.4 is 0 Å². The van der Waals surface area contributed by atoms with E-state index in [1.807, 2.05) is 20.8 Å². The molecule has 0 amide bonds. The summed E-state index contributed by atoms with van der Waals surface area (Å²) in [6.07, 6.45) is 0.769. The number of rotatable bonds is 2. The van der Waals surface area contributed by atoms with Crippen molar-refractivity contribution in [2.75, 3.05) is 0 Å². The molecule has 0 aromatic carbocycles. The first kappa shape index (κ1) is 12.3. The van der Waals surface area contributed by atoms with Crippen LogP contribution in [0.2, 0.25) is 0 Å². The lowest BCUT2D eigenvalue weighted by Crippen LogP contribution is -2.51. The van der Waals surface area contributed by atoms with Gasteiger partial charge in [0.2, 0.25) is 0 Å². The fraction of sp³-hybridized carbons (Fsp3) is 0.818. The van der Waals surface area contributed by atoms with E-state index in [1.54, 1.807) is 0 Å². The first-order valence-electron chi connectivity index (χ1n) is 5.76. The van der Waals surface area contributed by atoms with Gasteiger partial charge < -0.3 is 4.74 Å². The van der Waals surface area contributed by atoms with Crippen LogP contribution in [-0.4, -0.2) is 23.6 Å². The van der Waals surface area contributed by atoms with Gasteiger partial charge in [-0.25, -0.2) is 9.59 Å². The van der Waals surface area contributed by atoms with E-state index in [4.69, 9.17) is 4.74 Å². The molecule has 2 aliphatic heterocycles. The Hall–Kier alpha value is -1.14. The highest BCUT2D eigenvalue weighted by molar-refractivity contribution is 5.84. The Labute approximate surface area is 99.0 Å². The summed E-state index contributed by atoms with van der Waals surface area (Å²) in [6, 6.07) is 0. The van der Waals surface area contributed by atoms with Crippen molar-refractivity contribution >= 4 is 11.9 Å². The molecule has 2 heterocycles. The van der Waals surface area contributed by atoms with Crippen molar-refractivity contribution < 1.29 is 29.1 Å². The van der Waals surface area contributed by atoms with Gasteiger partial charge in [0.25, 0.3) is 0 Å². The van der Waals surface area contributed by atoms with E-state index in [1.165, 1.54) is 0 Å². The number of carbonyl (C=O) groups excluding carboxylic acids is 2. The highest BCUT2D eigenvalue weighted by Gasteiger charge is 2.63. The maximum atomic E-state index is 12.0. The van der Waals surface area contributed by atoms with E-state index in [9.17, 15) is 9.59 Å². The summed E-state index contributed by atoms with van der Waals surface area (Å²) < 4.78 is 5.64. The molecule has 2 saturated heterocycles. The van der Waals surface area contributed by atoms with Crippen molar-refractivity contribution in [3.63, 3.8) is 0 Å². The molecule has 6 heteroatoms. The minimum atomic E-state index is -1.13. The van der Waals surface area contributed by atoms with Crippen LogP contribution in [0.25, 0.3) is 0 Å². The van der Waals surface area contributed by atoms with Crippen LogP contribution in [0.3, 0.4) is 0 Å². The molecular formula is C11H16O6. The highest BCUT2D eigenvalue weighted by atomic mass is 17.5. The quantitative estimate of drug-likeness (QED) is 0.681. The van der Waals surface area contributed by atoms with Gasteiger partial charge >= 0.3 is 11.9 Å². The lowest BCUT2D eigenvalue weighted by molar-refractivity contribution is -0.470. The predicted molar refractivity (Wildman–Crippen MR) is 54.2 cm³/mol. The van der Waals surface area contributed by atoms with E-state index in [0.717, 1.165) is 0 Å². The summed E-state index contributed by atoms with van der Waals surface area (Å²) in [5.41, 5.74) is -1.60. The van der Waals surface area contributed by atoms with E-state index < -0.39 is 29.1 Å². The Morgan fingerprint density at radius 3 is 2.53 bits per heavy atom. The number of hydrogen-bond acceptors (Lipinski definition) is 6. The van der Waals surface area contributed by atoms with Gasteiger partial charge in [0, 0.05) is 10.5 Å². The monoisotopic (exact) mass is 244 g/mol. The Morgan fingerprint density at radius 2 is 1.94 bits per heavy atom. The summed E-state index contributed by atoms with van der Waals surface area (Å²) in [4.78, 5) is 32.3. The predicted octanol–water partition coefficient (Wildman–Crippen LogP) is 1.29. The Balaban J connectivity index is 2.45. The maximum Gasteiger partial charge on any atom is 0.378 e. The van der Waals surface area contributed by atoms with Crippen molar-refractivity contribution in [3.8, 4) is 0 Å². The van der Waals surface area contributed by atoms with Crippen molar-refractivity contribution in [1.29, 1.82) is 0 Å². The number of ether oxygens (including phenoxy) is 1. The summed E-state index contributed by atoms with van der Waals surface area (Å²) >= 11 is 0. The molecule has 2 aliphatic rings. The number of hydrogen-bond donors (Lipinski definition) is 0. The molecule has 0 aromatic rings. The van der Waals surface area contributed by atoms with Gasteiger partial charge in [0.1, 0.15) is 0 Å². The van der Waals surface area contributed by atoms with Crippen molar-refractivity contribution in [1.82, 2.24) is 0 Å². The van der Waals surface area contributed by atoms with Gasteiger partial charge in [0.05, 0.1) is 0 Å². The van der Waals surface area contributed by atoms with Crippen LogP contribution in [0.1, 0.15) is 40.0 Å². The fourth-order valence-corrected chi connectivity index (χ4v) is 2.71. The van der Waals surface area contributed by atoms with Crippen molar-refractivity contribution in [3.05, 3.63) is 0 Å². The molecular weight excluding hydrogens is 228 g/mol. The summed E-state index contributed by atoms with van der Waals surface area (Å²) in [5.74, 6) is -1.30. The smallest absolute Gasteiger partial charge is 0.347 e. The molecule has 3 atom stereocenters. The standard InChI is InChI=1S/C11H16O6/c1-4-10(3)6-7-8(12)15-17-16-9(13)11(10,5-2)14-7/h7H,4-6H2,1-3H3. The lowest BCUT2D eigenvalue weighted by Gasteiger charge is -2.37. The zero-order chi connectivity index (χ0) is 12.7. The second-order valence-electron chi connectivity index (χ2n) is 4.75. The zero-order valence-corrected chi connectivity index (χ0v) is 10.1.